The first-order chi connectivity index (χ1) is 6.10. The van der Waals surface area contributed by atoms with Crippen molar-refractivity contribution < 1.29 is 0 Å². The summed E-state index contributed by atoms with van der Waals surface area (Å²) in [5, 5.41) is 0. The van der Waals surface area contributed by atoms with Gasteiger partial charge < -0.3 is 0 Å². The molecule has 0 spiro atoms. The Morgan fingerprint density at radius 2 is 1.50 bits per heavy atom. The van der Waals surface area contributed by atoms with Gasteiger partial charge in [-0.05, 0) is 26.2 Å². The monoisotopic (exact) mass is 197 g/mol. The molecule has 0 unspecified atom stereocenters. The third-order valence-electron chi connectivity index (χ3n) is 2.60. The van der Waals surface area contributed by atoms with Gasteiger partial charge in [0.25, 0.3) is 0 Å². The molecule has 0 amide bonds. The third-order valence-corrected chi connectivity index (χ3v) is 2.60. The highest BCUT2D eigenvalue weighted by Gasteiger charge is 2.25. The van der Waals surface area contributed by atoms with E-state index in [0.717, 1.165) is 6.42 Å². The summed E-state index contributed by atoms with van der Waals surface area (Å²) in [6.45, 7) is 17.8. The Labute approximate surface area is 90.0 Å². The molecule has 0 radical (unpaired) electrons. The average molecular weight is 197 g/mol. The fourth-order valence-corrected chi connectivity index (χ4v) is 1.57. The lowest BCUT2D eigenvalue weighted by Crippen LogP contribution is -2.30. The third kappa shape index (κ3) is 4.26. The smallest absolute Gasteiger partial charge is 0.0549 e. The number of aliphatic imine (C=N–C) groups is 1. The zero-order chi connectivity index (χ0) is 11.6. The molecule has 14 heavy (non-hydrogen) atoms. The minimum Gasteiger partial charge on any atom is -0.287 e. The molecule has 0 rings (SSSR count). The molecule has 0 heterocycles. The van der Waals surface area contributed by atoms with Crippen LogP contribution >= 0.6 is 0 Å². The van der Waals surface area contributed by atoms with Crippen molar-refractivity contribution in [2.45, 2.75) is 67.3 Å². The van der Waals surface area contributed by atoms with Crippen molar-refractivity contribution in [2.24, 2.45) is 16.3 Å². The second kappa shape index (κ2) is 4.46. The van der Waals surface area contributed by atoms with Crippen molar-refractivity contribution in [3.63, 3.8) is 0 Å². The molecule has 0 atom stereocenters. The largest absolute Gasteiger partial charge is 0.287 e. The molecule has 0 aromatic rings. The van der Waals surface area contributed by atoms with Crippen LogP contribution < -0.4 is 0 Å². The predicted molar refractivity (Wildman–Crippen MR) is 66.1 cm³/mol. The van der Waals surface area contributed by atoms with E-state index >= 15 is 0 Å². The van der Waals surface area contributed by atoms with Crippen molar-refractivity contribution in [2.75, 3.05) is 0 Å². The molecule has 0 aliphatic heterocycles. The molecule has 0 bridgehead atoms. The summed E-state index contributed by atoms with van der Waals surface area (Å²) in [7, 11) is 0. The minimum atomic E-state index is 0.0902. The molecule has 0 saturated carbocycles. The summed E-state index contributed by atoms with van der Waals surface area (Å²) >= 11 is 0. The van der Waals surface area contributed by atoms with Gasteiger partial charge >= 0.3 is 0 Å². The van der Waals surface area contributed by atoms with E-state index in [0.29, 0.717) is 5.92 Å². The van der Waals surface area contributed by atoms with E-state index < -0.39 is 0 Å². The van der Waals surface area contributed by atoms with Crippen molar-refractivity contribution in [3.05, 3.63) is 0 Å². The highest BCUT2D eigenvalue weighted by Crippen LogP contribution is 2.26. The summed E-state index contributed by atoms with van der Waals surface area (Å²) in [4.78, 5) is 4.91. The maximum atomic E-state index is 4.91. The van der Waals surface area contributed by atoms with E-state index in [4.69, 9.17) is 4.99 Å². The summed E-state index contributed by atoms with van der Waals surface area (Å²) in [6.07, 6.45) is 1.10. The first-order valence-corrected chi connectivity index (χ1v) is 5.70. The van der Waals surface area contributed by atoms with E-state index in [9.17, 15) is 0 Å². The van der Waals surface area contributed by atoms with Crippen LogP contribution in [0.2, 0.25) is 0 Å². The van der Waals surface area contributed by atoms with E-state index in [2.05, 4.69) is 55.4 Å². The lowest BCUT2D eigenvalue weighted by atomic mass is 9.82. The van der Waals surface area contributed by atoms with Gasteiger partial charge in [0.2, 0.25) is 0 Å². The fourth-order valence-electron chi connectivity index (χ4n) is 1.57. The lowest BCUT2D eigenvalue weighted by molar-refractivity contribution is 0.474. The number of hydrogen-bond donors (Lipinski definition) is 0. The van der Waals surface area contributed by atoms with Gasteiger partial charge in [-0.25, -0.2) is 0 Å². The van der Waals surface area contributed by atoms with Crippen LogP contribution in [0.25, 0.3) is 0 Å². The molecule has 0 fully saturated rings. The Bertz CT molecular complexity index is 204. The van der Waals surface area contributed by atoms with E-state index in [1.54, 1.807) is 0 Å². The highest BCUT2D eigenvalue weighted by atomic mass is 14.9. The second-order valence-electron chi connectivity index (χ2n) is 6.07. The highest BCUT2D eigenvalue weighted by molar-refractivity contribution is 5.91. The molecular weight excluding hydrogens is 170 g/mol. The zero-order valence-electron chi connectivity index (χ0n) is 11.2. The first-order valence-electron chi connectivity index (χ1n) is 5.70. The second-order valence-corrected chi connectivity index (χ2v) is 6.07. The summed E-state index contributed by atoms with van der Waals surface area (Å²) < 4.78 is 0. The van der Waals surface area contributed by atoms with Crippen LogP contribution in [0.3, 0.4) is 0 Å². The van der Waals surface area contributed by atoms with Crippen LogP contribution in [0.4, 0.5) is 0 Å². The van der Waals surface area contributed by atoms with Crippen LogP contribution in [0, 0.1) is 11.3 Å². The Morgan fingerprint density at radius 3 is 1.71 bits per heavy atom. The Kier molecular flexibility index (Phi) is 4.35. The van der Waals surface area contributed by atoms with Crippen LogP contribution in [-0.4, -0.2) is 11.3 Å². The number of hydrogen-bond acceptors (Lipinski definition) is 1. The fraction of sp³-hybridized carbons (Fsp3) is 0.923. The molecule has 0 aromatic heterocycles. The van der Waals surface area contributed by atoms with Gasteiger partial charge in [0.05, 0.1) is 5.54 Å². The van der Waals surface area contributed by atoms with Crippen LogP contribution in [-0.2, 0) is 0 Å². The van der Waals surface area contributed by atoms with Crippen LogP contribution in [0.15, 0.2) is 4.99 Å². The van der Waals surface area contributed by atoms with Gasteiger partial charge in [-0.1, -0.05) is 41.5 Å². The predicted octanol–water partition coefficient (Wildman–Crippen LogP) is 4.32. The lowest BCUT2D eigenvalue weighted by Gasteiger charge is -2.29. The van der Waals surface area contributed by atoms with Crippen molar-refractivity contribution in [3.8, 4) is 0 Å². The molecule has 0 aliphatic carbocycles. The first kappa shape index (κ1) is 13.7. The zero-order valence-corrected chi connectivity index (χ0v) is 11.2. The number of rotatable bonds is 3. The maximum Gasteiger partial charge on any atom is 0.0549 e. The Balaban J connectivity index is 5.03. The van der Waals surface area contributed by atoms with E-state index in [1.807, 2.05) is 0 Å². The Morgan fingerprint density at radius 1 is 1.07 bits per heavy atom. The van der Waals surface area contributed by atoms with Crippen LogP contribution in [0.5, 0.6) is 0 Å². The molecule has 0 aliphatic rings. The normalized spacial score (nSPS) is 15.1. The molecule has 0 saturated heterocycles. The molecular formula is C13H27N. The molecule has 1 heteroatoms. The number of nitrogens with zero attached hydrogens (tertiary/aromatic N) is 1. The van der Waals surface area contributed by atoms with Crippen molar-refractivity contribution in [1.82, 2.24) is 0 Å². The van der Waals surface area contributed by atoms with Gasteiger partial charge in [-0.3, -0.25) is 4.99 Å². The van der Waals surface area contributed by atoms with Gasteiger partial charge in [-0.2, -0.15) is 0 Å². The summed E-state index contributed by atoms with van der Waals surface area (Å²) in [5.41, 5.74) is 1.62. The topological polar surface area (TPSA) is 12.4 Å². The molecule has 0 N–H and O–H groups in total. The van der Waals surface area contributed by atoms with Gasteiger partial charge in [-0.15, -0.1) is 0 Å². The maximum absolute atomic E-state index is 4.91. The van der Waals surface area contributed by atoms with Crippen molar-refractivity contribution >= 4 is 5.71 Å². The average Bonchev–Trinajstić information content (AvgIpc) is 1.98. The quantitative estimate of drug-likeness (QED) is 0.598. The van der Waals surface area contributed by atoms with Crippen LogP contribution in [0.1, 0.15) is 61.8 Å². The summed E-state index contributed by atoms with van der Waals surface area (Å²) in [5.74, 6) is 0.542. The molecule has 0 aromatic carbocycles. The van der Waals surface area contributed by atoms with Gasteiger partial charge in [0.1, 0.15) is 0 Å². The molecule has 84 valence electrons. The van der Waals surface area contributed by atoms with E-state index in [1.165, 1.54) is 5.71 Å². The van der Waals surface area contributed by atoms with Gasteiger partial charge in [0.15, 0.2) is 0 Å². The van der Waals surface area contributed by atoms with Gasteiger partial charge in [0, 0.05) is 11.1 Å². The minimum absolute atomic E-state index is 0.0902. The summed E-state index contributed by atoms with van der Waals surface area (Å²) in [6, 6.07) is 0. The standard InChI is InChI=1S/C13H27N/c1-9-13(7,8)14-11(10(2)3)12(4,5)6/h10H,9H2,1-8H3. The SMILES string of the molecule is CCC(C)(C)N=C(C(C)C)C(C)(C)C. The van der Waals surface area contributed by atoms with Crippen molar-refractivity contribution in [1.29, 1.82) is 0 Å². The molecule has 1 nitrogen and oxygen atoms in total. The van der Waals surface area contributed by atoms with E-state index in [-0.39, 0.29) is 11.0 Å². The Hall–Kier alpha value is -0.330.